The molecule has 2 amide bonds. The van der Waals surface area contributed by atoms with Crippen molar-refractivity contribution in [3.05, 3.63) is 65.2 Å². The summed E-state index contributed by atoms with van der Waals surface area (Å²) >= 11 is 0. The molecule has 0 bridgehead atoms. The maximum absolute atomic E-state index is 12.7. The van der Waals surface area contributed by atoms with Gasteiger partial charge in [0.1, 0.15) is 18.4 Å². The Bertz CT molecular complexity index is 820. The molecule has 1 saturated heterocycles. The predicted octanol–water partition coefficient (Wildman–Crippen LogP) is 2.59. The number of hydrogen-bond acceptors (Lipinski definition) is 3. The second-order valence-corrected chi connectivity index (χ2v) is 7.03. The molecule has 2 aromatic rings. The molecule has 2 aromatic carbocycles. The molecule has 0 unspecified atom stereocenters. The topological polar surface area (TPSA) is 49.9 Å². The van der Waals surface area contributed by atoms with E-state index in [-0.39, 0.29) is 18.4 Å². The zero-order valence-electron chi connectivity index (χ0n) is 16.1. The van der Waals surface area contributed by atoms with Crippen molar-refractivity contribution >= 4 is 11.8 Å². The summed E-state index contributed by atoms with van der Waals surface area (Å²) in [5.74, 6) is 0.760. The summed E-state index contributed by atoms with van der Waals surface area (Å²) in [7, 11) is 1.68. The van der Waals surface area contributed by atoms with Gasteiger partial charge in [0.2, 0.25) is 11.8 Å². The molecule has 0 aromatic heterocycles. The highest BCUT2D eigenvalue weighted by atomic mass is 16.5. The summed E-state index contributed by atoms with van der Waals surface area (Å²) in [5.41, 5.74) is 3.30. The van der Waals surface area contributed by atoms with Gasteiger partial charge in [0, 0.05) is 13.5 Å². The van der Waals surface area contributed by atoms with E-state index in [4.69, 9.17) is 4.74 Å². The maximum atomic E-state index is 12.7. The molecule has 1 heterocycles. The van der Waals surface area contributed by atoms with Crippen molar-refractivity contribution in [3.63, 3.8) is 0 Å². The Kier molecular flexibility index (Phi) is 5.79. The van der Waals surface area contributed by atoms with E-state index in [2.05, 4.69) is 0 Å². The van der Waals surface area contributed by atoms with Crippen LogP contribution in [0.5, 0.6) is 5.75 Å². The molecular weight excluding hydrogens is 340 g/mol. The van der Waals surface area contributed by atoms with Gasteiger partial charge in [-0.05, 0) is 36.6 Å². The van der Waals surface area contributed by atoms with Gasteiger partial charge in [-0.25, -0.2) is 0 Å². The second kappa shape index (κ2) is 8.25. The van der Waals surface area contributed by atoms with Gasteiger partial charge in [-0.15, -0.1) is 0 Å². The summed E-state index contributed by atoms with van der Waals surface area (Å²) in [6.45, 7) is 4.93. The number of carbonyl (C=O) groups is 2. The molecule has 1 aliphatic heterocycles. The first-order valence-electron chi connectivity index (χ1n) is 9.24. The fourth-order valence-electron chi connectivity index (χ4n) is 3.38. The van der Waals surface area contributed by atoms with Crippen LogP contribution in [-0.2, 0) is 16.0 Å². The Morgan fingerprint density at radius 1 is 1.04 bits per heavy atom. The quantitative estimate of drug-likeness (QED) is 0.790. The van der Waals surface area contributed by atoms with Crippen LogP contribution in [0, 0.1) is 13.8 Å². The van der Waals surface area contributed by atoms with Gasteiger partial charge in [0.25, 0.3) is 0 Å². The van der Waals surface area contributed by atoms with Crippen LogP contribution in [0.2, 0.25) is 0 Å². The molecule has 0 N–H and O–H groups in total. The second-order valence-electron chi connectivity index (χ2n) is 7.03. The number of likely N-dealkylation sites (N-methyl/N-ethyl adjacent to an activating group) is 1. The lowest BCUT2D eigenvalue weighted by atomic mass is 10.0. The monoisotopic (exact) mass is 366 g/mol. The Hall–Kier alpha value is -2.82. The first-order valence-corrected chi connectivity index (χ1v) is 9.24. The van der Waals surface area contributed by atoms with Crippen LogP contribution < -0.4 is 4.74 Å². The van der Waals surface area contributed by atoms with Gasteiger partial charge in [-0.1, -0.05) is 42.5 Å². The number of nitrogens with zero attached hydrogens (tertiary/aromatic N) is 2. The minimum absolute atomic E-state index is 0.0230. The molecule has 5 nitrogen and oxygen atoms in total. The van der Waals surface area contributed by atoms with E-state index in [1.807, 2.05) is 62.4 Å². The molecule has 5 heteroatoms. The highest BCUT2D eigenvalue weighted by Gasteiger charge is 2.37. The molecule has 0 saturated carbocycles. The predicted molar refractivity (Wildman–Crippen MR) is 105 cm³/mol. The summed E-state index contributed by atoms with van der Waals surface area (Å²) in [6.07, 6.45) is 0.513. The largest absolute Gasteiger partial charge is 0.491 e. The lowest BCUT2D eigenvalue weighted by Crippen LogP contribution is -2.60. The number of piperazine rings is 1. The van der Waals surface area contributed by atoms with Crippen LogP contribution in [0.25, 0.3) is 0 Å². The first-order chi connectivity index (χ1) is 13.0. The fourth-order valence-corrected chi connectivity index (χ4v) is 3.38. The van der Waals surface area contributed by atoms with Crippen molar-refractivity contribution < 1.29 is 14.3 Å². The van der Waals surface area contributed by atoms with E-state index < -0.39 is 6.04 Å². The molecule has 1 aliphatic rings. The van der Waals surface area contributed by atoms with Crippen molar-refractivity contribution in [2.45, 2.75) is 26.3 Å². The fraction of sp³-hybridized carbons (Fsp3) is 0.364. The van der Waals surface area contributed by atoms with Crippen LogP contribution in [0.4, 0.5) is 0 Å². The maximum Gasteiger partial charge on any atom is 0.245 e. The van der Waals surface area contributed by atoms with Crippen molar-refractivity contribution in [2.75, 3.05) is 26.7 Å². The van der Waals surface area contributed by atoms with Gasteiger partial charge in [-0.3, -0.25) is 9.59 Å². The smallest absolute Gasteiger partial charge is 0.245 e. The number of rotatable bonds is 6. The van der Waals surface area contributed by atoms with Gasteiger partial charge >= 0.3 is 0 Å². The zero-order chi connectivity index (χ0) is 19.4. The van der Waals surface area contributed by atoms with Crippen LogP contribution in [0.1, 0.15) is 16.7 Å². The van der Waals surface area contributed by atoms with Crippen LogP contribution in [0.3, 0.4) is 0 Å². The summed E-state index contributed by atoms with van der Waals surface area (Å²) in [4.78, 5) is 28.5. The van der Waals surface area contributed by atoms with Crippen molar-refractivity contribution in [1.29, 1.82) is 0 Å². The highest BCUT2D eigenvalue weighted by Crippen LogP contribution is 2.21. The minimum atomic E-state index is -0.485. The van der Waals surface area contributed by atoms with Crippen LogP contribution in [-0.4, -0.2) is 54.4 Å². The molecule has 142 valence electrons. The van der Waals surface area contributed by atoms with Crippen molar-refractivity contribution in [3.8, 4) is 5.75 Å². The van der Waals surface area contributed by atoms with E-state index in [0.717, 1.165) is 16.9 Å². The molecule has 1 atom stereocenters. The average Bonchev–Trinajstić information content (AvgIpc) is 2.66. The number of amides is 2. The summed E-state index contributed by atoms with van der Waals surface area (Å²) < 4.78 is 5.91. The van der Waals surface area contributed by atoms with Crippen molar-refractivity contribution in [1.82, 2.24) is 9.80 Å². The SMILES string of the molecule is Cc1cccc(OCCN2C(=O)CN(C)C(=O)[C@@H]2Cc2ccccc2)c1C. The van der Waals surface area contributed by atoms with E-state index in [9.17, 15) is 9.59 Å². The average molecular weight is 366 g/mol. The Morgan fingerprint density at radius 3 is 2.52 bits per heavy atom. The van der Waals surface area contributed by atoms with E-state index in [1.54, 1.807) is 11.9 Å². The third-order valence-corrected chi connectivity index (χ3v) is 5.15. The molecule has 0 spiro atoms. The van der Waals surface area contributed by atoms with Gasteiger partial charge in [0.05, 0.1) is 13.1 Å². The molecule has 1 fully saturated rings. The van der Waals surface area contributed by atoms with Gasteiger partial charge < -0.3 is 14.5 Å². The molecular formula is C22H26N2O3. The number of carbonyl (C=O) groups excluding carboxylic acids is 2. The minimum Gasteiger partial charge on any atom is -0.491 e. The van der Waals surface area contributed by atoms with Gasteiger partial charge in [0.15, 0.2) is 0 Å². The highest BCUT2D eigenvalue weighted by molar-refractivity contribution is 5.94. The molecule has 3 rings (SSSR count). The molecule has 0 aliphatic carbocycles. The third kappa shape index (κ3) is 4.30. The van der Waals surface area contributed by atoms with Gasteiger partial charge in [-0.2, -0.15) is 0 Å². The van der Waals surface area contributed by atoms with Crippen LogP contribution in [0.15, 0.2) is 48.5 Å². The zero-order valence-corrected chi connectivity index (χ0v) is 16.1. The lowest BCUT2D eigenvalue weighted by molar-refractivity contribution is -0.154. The number of hydrogen-bond donors (Lipinski definition) is 0. The van der Waals surface area contributed by atoms with E-state index in [0.29, 0.717) is 19.6 Å². The summed E-state index contributed by atoms with van der Waals surface area (Å²) in [5, 5.41) is 0. The van der Waals surface area contributed by atoms with Crippen molar-refractivity contribution in [2.24, 2.45) is 0 Å². The first kappa shape index (κ1) is 19.0. The third-order valence-electron chi connectivity index (χ3n) is 5.15. The Morgan fingerprint density at radius 2 is 1.78 bits per heavy atom. The molecule has 0 radical (unpaired) electrons. The number of ether oxygens (including phenoxy) is 1. The molecule has 27 heavy (non-hydrogen) atoms. The lowest BCUT2D eigenvalue weighted by Gasteiger charge is -2.39. The Balaban J connectivity index is 1.71. The normalized spacial score (nSPS) is 17.4. The number of aryl methyl sites for hydroxylation is 1. The summed E-state index contributed by atoms with van der Waals surface area (Å²) in [6, 6.07) is 15.3. The van der Waals surface area contributed by atoms with Crippen LogP contribution >= 0.6 is 0 Å². The van der Waals surface area contributed by atoms with E-state index >= 15 is 0 Å². The number of benzene rings is 2. The standard InChI is InChI=1S/C22H26N2O3/c1-16-8-7-11-20(17(16)2)27-13-12-24-19(14-18-9-5-4-6-10-18)22(26)23(3)15-21(24)25/h4-11,19H,12-15H2,1-3H3/t19-/m0/s1. The van der Waals surface area contributed by atoms with E-state index in [1.165, 1.54) is 10.5 Å². The Labute approximate surface area is 160 Å².